The number of thiophene rings is 1. The lowest BCUT2D eigenvalue weighted by molar-refractivity contribution is 0.102. The summed E-state index contributed by atoms with van der Waals surface area (Å²) < 4.78 is 2.60. The van der Waals surface area contributed by atoms with Crippen molar-refractivity contribution in [3.05, 3.63) is 70.8 Å². The number of benzene rings is 1. The lowest BCUT2D eigenvalue weighted by atomic mass is 10.1. The van der Waals surface area contributed by atoms with Crippen LogP contribution < -0.4 is 11.1 Å². The molecule has 4 heterocycles. The van der Waals surface area contributed by atoms with Crippen molar-refractivity contribution in [2.24, 2.45) is 0 Å². The third-order valence-electron chi connectivity index (χ3n) is 5.16. The van der Waals surface area contributed by atoms with Crippen LogP contribution in [0.3, 0.4) is 0 Å². The molecule has 0 radical (unpaired) electrons. The lowest BCUT2D eigenvalue weighted by Crippen LogP contribution is -2.13. The van der Waals surface area contributed by atoms with Gasteiger partial charge in [-0.15, -0.1) is 11.3 Å². The van der Waals surface area contributed by atoms with E-state index in [-0.39, 0.29) is 5.91 Å². The van der Waals surface area contributed by atoms with Gasteiger partial charge in [-0.05, 0) is 37.6 Å². The van der Waals surface area contributed by atoms with Crippen molar-refractivity contribution in [1.29, 1.82) is 0 Å². The standard InChI is InChI=1S/C22H19N7OS/c1-12-6-7-17-15(8-26-29(17)9-14-5-3-4-13(2)27-14)18(12)28-22(30)16-10-31-20-19(16)24-11-25-21(20)23/h3-8,10-11H,9H2,1-2H3,(H,28,30)(H2,23,24,25). The number of amides is 1. The summed E-state index contributed by atoms with van der Waals surface area (Å²) in [4.78, 5) is 25.9. The average Bonchev–Trinajstić information content (AvgIpc) is 3.35. The average molecular weight is 430 g/mol. The molecule has 8 nitrogen and oxygen atoms in total. The molecule has 31 heavy (non-hydrogen) atoms. The van der Waals surface area contributed by atoms with Crippen LogP contribution in [0.1, 0.15) is 27.3 Å². The number of anilines is 2. The first-order chi connectivity index (χ1) is 15.0. The predicted octanol–water partition coefficient (Wildman–Crippen LogP) is 3.94. The minimum Gasteiger partial charge on any atom is -0.382 e. The van der Waals surface area contributed by atoms with Gasteiger partial charge in [-0.3, -0.25) is 14.5 Å². The Labute approximate surface area is 181 Å². The highest BCUT2D eigenvalue weighted by molar-refractivity contribution is 7.18. The molecule has 0 aliphatic carbocycles. The van der Waals surface area contributed by atoms with Crippen molar-refractivity contribution >= 4 is 49.9 Å². The second-order valence-corrected chi connectivity index (χ2v) is 8.18. The van der Waals surface area contributed by atoms with E-state index in [0.717, 1.165) is 33.5 Å². The molecular formula is C22H19N7OS. The number of aryl methyl sites for hydroxylation is 2. The molecule has 0 atom stereocenters. The van der Waals surface area contributed by atoms with Crippen molar-refractivity contribution in [2.75, 3.05) is 11.1 Å². The summed E-state index contributed by atoms with van der Waals surface area (Å²) >= 11 is 1.36. The number of hydrogen-bond donors (Lipinski definition) is 2. The zero-order valence-corrected chi connectivity index (χ0v) is 17.8. The van der Waals surface area contributed by atoms with E-state index in [1.165, 1.54) is 17.7 Å². The van der Waals surface area contributed by atoms with Crippen molar-refractivity contribution in [3.8, 4) is 0 Å². The molecule has 4 aromatic heterocycles. The first-order valence-electron chi connectivity index (χ1n) is 9.68. The normalized spacial score (nSPS) is 11.3. The van der Waals surface area contributed by atoms with Crippen LogP contribution in [0.5, 0.6) is 0 Å². The third-order valence-corrected chi connectivity index (χ3v) is 6.15. The maximum absolute atomic E-state index is 13.1. The molecule has 0 saturated carbocycles. The summed E-state index contributed by atoms with van der Waals surface area (Å²) in [6.45, 7) is 4.47. The molecule has 0 aliphatic heterocycles. The maximum atomic E-state index is 13.1. The molecule has 3 N–H and O–H groups in total. The van der Waals surface area contributed by atoms with Crippen LogP contribution in [-0.4, -0.2) is 30.6 Å². The highest BCUT2D eigenvalue weighted by Crippen LogP contribution is 2.31. The molecule has 0 fully saturated rings. The Bertz CT molecular complexity index is 1450. The third kappa shape index (κ3) is 3.38. The Morgan fingerprint density at radius 1 is 1.19 bits per heavy atom. The van der Waals surface area contributed by atoms with Gasteiger partial charge in [0.2, 0.25) is 0 Å². The zero-order valence-electron chi connectivity index (χ0n) is 17.0. The predicted molar refractivity (Wildman–Crippen MR) is 122 cm³/mol. The molecule has 0 unspecified atom stereocenters. The van der Waals surface area contributed by atoms with Gasteiger partial charge >= 0.3 is 0 Å². The summed E-state index contributed by atoms with van der Waals surface area (Å²) in [5.41, 5.74) is 11.4. The van der Waals surface area contributed by atoms with Gasteiger partial charge in [-0.25, -0.2) is 9.97 Å². The molecule has 5 aromatic rings. The Morgan fingerprint density at radius 2 is 2.06 bits per heavy atom. The van der Waals surface area contributed by atoms with Crippen LogP contribution >= 0.6 is 11.3 Å². The fourth-order valence-corrected chi connectivity index (χ4v) is 4.51. The van der Waals surface area contributed by atoms with Crippen LogP contribution in [0.4, 0.5) is 11.5 Å². The number of rotatable bonds is 4. The number of fused-ring (bicyclic) bond motifs is 2. The van der Waals surface area contributed by atoms with Gasteiger partial charge in [0.1, 0.15) is 12.1 Å². The van der Waals surface area contributed by atoms with Crippen LogP contribution in [0.25, 0.3) is 21.1 Å². The second-order valence-electron chi connectivity index (χ2n) is 7.30. The summed E-state index contributed by atoms with van der Waals surface area (Å²) in [5, 5.41) is 10.2. The quantitative estimate of drug-likeness (QED) is 0.448. The van der Waals surface area contributed by atoms with Gasteiger partial charge in [0.05, 0.1) is 45.4 Å². The van der Waals surface area contributed by atoms with E-state index >= 15 is 0 Å². The van der Waals surface area contributed by atoms with E-state index in [2.05, 4.69) is 25.4 Å². The Balaban J connectivity index is 1.51. The first kappa shape index (κ1) is 19.1. The van der Waals surface area contributed by atoms with E-state index in [9.17, 15) is 4.79 Å². The van der Waals surface area contributed by atoms with Crippen LogP contribution in [-0.2, 0) is 6.54 Å². The number of nitrogens with one attached hydrogen (secondary N) is 1. The summed E-state index contributed by atoms with van der Waals surface area (Å²) in [6.07, 6.45) is 3.15. The molecule has 0 saturated heterocycles. The fraction of sp³-hybridized carbons (Fsp3) is 0.136. The number of nitrogen functional groups attached to an aromatic ring is 1. The molecular weight excluding hydrogens is 410 g/mol. The van der Waals surface area contributed by atoms with E-state index in [0.29, 0.717) is 28.1 Å². The van der Waals surface area contributed by atoms with Gasteiger partial charge in [0.25, 0.3) is 5.91 Å². The van der Waals surface area contributed by atoms with Gasteiger partial charge in [0, 0.05) is 16.5 Å². The van der Waals surface area contributed by atoms with E-state index in [1.54, 1.807) is 11.6 Å². The monoisotopic (exact) mass is 429 g/mol. The molecule has 5 rings (SSSR count). The number of nitrogens with zero attached hydrogens (tertiary/aromatic N) is 5. The van der Waals surface area contributed by atoms with Gasteiger partial charge in [-0.2, -0.15) is 5.10 Å². The van der Waals surface area contributed by atoms with Crippen molar-refractivity contribution < 1.29 is 4.79 Å². The number of nitrogens with two attached hydrogens (primary N) is 1. The number of aromatic nitrogens is 5. The van der Waals surface area contributed by atoms with Crippen LogP contribution in [0, 0.1) is 13.8 Å². The number of pyridine rings is 1. The molecule has 0 aliphatic rings. The Hall–Kier alpha value is -3.85. The molecule has 0 bridgehead atoms. The largest absolute Gasteiger partial charge is 0.382 e. The second kappa shape index (κ2) is 7.44. The zero-order chi connectivity index (χ0) is 21.5. The van der Waals surface area contributed by atoms with Gasteiger partial charge < -0.3 is 11.1 Å². The SMILES string of the molecule is Cc1cccc(Cn2ncc3c(NC(=O)c4csc5c(N)ncnc45)c(C)ccc32)n1. The first-order valence-corrected chi connectivity index (χ1v) is 10.6. The minimum absolute atomic E-state index is 0.243. The smallest absolute Gasteiger partial charge is 0.258 e. The van der Waals surface area contributed by atoms with Crippen LogP contribution in [0.2, 0.25) is 0 Å². The lowest BCUT2D eigenvalue weighted by Gasteiger charge is -2.10. The topological polar surface area (TPSA) is 112 Å². The van der Waals surface area contributed by atoms with Crippen molar-refractivity contribution in [1.82, 2.24) is 24.7 Å². The molecule has 1 amide bonds. The maximum Gasteiger partial charge on any atom is 0.258 e. The Kier molecular flexibility index (Phi) is 4.59. The van der Waals surface area contributed by atoms with Crippen LogP contribution in [0.15, 0.2) is 48.2 Å². The summed E-state index contributed by atoms with van der Waals surface area (Å²) in [6, 6.07) is 9.92. The summed E-state index contributed by atoms with van der Waals surface area (Å²) in [7, 11) is 0. The number of hydrogen-bond acceptors (Lipinski definition) is 7. The minimum atomic E-state index is -0.243. The molecule has 1 aromatic carbocycles. The van der Waals surface area contributed by atoms with Crippen molar-refractivity contribution in [2.45, 2.75) is 20.4 Å². The molecule has 9 heteroatoms. The van der Waals surface area contributed by atoms with Crippen molar-refractivity contribution in [3.63, 3.8) is 0 Å². The van der Waals surface area contributed by atoms with Gasteiger partial charge in [0.15, 0.2) is 0 Å². The summed E-state index contributed by atoms with van der Waals surface area (Å²) in [5.74, 6) is 0.131. The van der Waals surface area contributed by atoms with E-state index in [1.807, 2.05) is 48.9 Å². The van der Waals surface area contributed by atoms with E-state index < -0.39 is 0 Å². The number of carbonyl (C=O) groups excluding carboxylic acids is 1. The highest BCUT2D eigenvalue weighted by Gasteiger charge is 2.18. The van der Waals surface area contributed by atoms with Gasteiger partial charge in [-0.1, -0.05) is 12.1 Å². The highest BCUT2D eigenvalue weighted by atomic mass is 32.1. The van der Waals surface area contributed by atoms with E-state index in [4.69, 9.17) is 5.73 Å². The molecule has 0 spiro atoms. The fourth-order valence-electron chi connectivity index (χ4n) is 3.61. The number of carbonyl (C=O) groups is 1. The Morgan fingerprint density at radius 3 is 2.90 bits per heavy atom. The molecule has 154 valence electrons.